The summed E-state index contributed by atoms with van der Waals surface area (Å²) in [5, 5.41) is 6.43. The molecule has 0 spiro atoms. The zero-order valence-electron chi connectivity index (χ0n) is 13.1. The van der Waals surface area contributed by atoms with E-state index in [1.807, 2.05) is 24.3 Å². The molecule has 22 heavy (non-hydrogen) atoms. The summed E-state index contributed by atoms with van der Waals surface area (Å²) in [5.74, 6) is -0.138. The Morgan fingerprint density at radius 1 is 1.32 bits per heavy atom. The fourth-order valence-corrected chi connectivity index (χ4v) is 3.13. The molecular formula is C17H23ClN2O2. The summed E-state index contributed by atoms with van der Waals surface area (Å²) in [6.45, 7) is 4.82. The van der Waals surface area contributed by atoms with Crippen LogP contribution in [0, 0.1) is 0 Å². The molecule has 0 radical (unpaired) electrons. The van der Waals surface area contributed by atoms with Crippen LogP contribution >= 0.6 is 11.6 Å². The van der Waals surface area contributed by atoms with Gasteiger partial charge in [0.05, 0.1) is 0 Å². The van der Waals surface area contributed by atoms with Crippen LogP contribution < -0.4 is 10.6 Å². The van der Waals surface area contributed by atoms with E-state index < -0.39 is 0 Å². The molecule has 1 aromatic carbocycles. The van der Waals surface area contributed by atoms with Crippen molar-refractivity contribution in [1.29, 1.82) is 0 Å². The van der Waals surface area contributed by atoms with Gasteiger partial charge in [0.15, 0.2) is 0 Å². The standard InChI is InChI=1S/C17H23ClN2O2/c1-3-17(4-2,12-5-7-13(18)8-6-12)11-19-16(22)14-9-10-15(21)20-14/h5-8,14H,3-4,9-11H2,1-2H3,(H,19,22)(H,20,21). The van der Waals surface area contributed by atoms with E-state index in [9.17, 15) is 9.59 Å². The van der Waals surface area contributed by atoms with Crippen LogP contribution in [0.25, 0.3) is 0 Å². The predicted molar refractivity (Wildman–Crippen MR) is 87.9 cm³/mol. The van der Waals surface area contributed by atoms with Gasteiger partial charge in [-0.1, -0.05) is 37.6 Å². The second-order valence-electron chi connectivity index (χ2n) is 5.87. The molecule has 1 fully saturated rings. The summed E-state index contributed by atoms with van der Waals surface area (Å²) in [7, 11) is 0. The van der Waals surface area contributed by atoms with E-state index in [4.69, 9.17) is 11.6 Å². The molecule has 0 aliphatic carbocycles. The zero-order valence-corrected chi connectivity index (χ0v) is 13.9. The number of rotatable bonds is 6. The van der Waals surface area contributed by atoms with Crippen molar-refractivity contribution in [3.8, 4) is 0 Å². The number of carbonyl (C=O) groups is 2. The molecule has 1 aromatic rings. The molecule has 2 N–H and O–H groups in total. The number of halogens is 1. The van der Waals surface area contributed by atoms with Crippen molar-refractivity contribution in [1.82, 2.24) is 10.6 Å². The topological polar surface area (TPSA) is 58.2 Å². The van der Waals surface area contributed by atoms with Gasteiger partial charge in [0, 0.05) is 23.4 Å². The van der Waals surface area contributed by atoms with Crippen molar-refractivity contribution in [2.24, 2.45) is 0 Å². The zero-order chi connectivity index (χ0) is 16.2. The van der Waals surface area contributed by atoms with Gasteiger partial charge in [-0.15, -0.1) is 0 Å². The van der Waals surface area contributed by atoms with Crippen molar-refractivity contribution < 1.29 is 9.59 Å². The summed E-state index contributed by atoms with van der Waals surface area (Å²) >= 11 is 5.97. The Morgan fingerprint density at radius 2 is 1.95 bits per heavy atom. The Bertz CT molecular complexity index is 538. The number of carbonyl (C=O) groups excluding carboxylic acids is 2. The molecule has 0 saturated carbocycles. The van der Waals surface area contributed by atoms with Gasteiger partial charge in [0.2, 0.25) is 11.8 Å². The maximum atomic E-state index is 12.2. The lowest BCUT2D eigenvalue weighted by molar-refractivity contribution is -0.126. The molecule has 2 rings (SSSR count). The Kier molecular flexibility index (Phi) is 5.46. The van der Waals surface area contributed by atoms with E-state index in [-0.39, 0.29) is 23.3 Å². The SMILES string of the molecule is CCC(CC)(CNC(=O)C1CCC(=O)N1)c1ccc(Cl)cc1. The monoisotopic (exact) mass is 322 g/mol. The predicted octanol–water partition coefficient (Wildman–Crippen LogP) is 2.79. The van der Waals surface area contributed by atoms with Crippen molar-refractivity contribution in [3.05, 3.63) is 34.9 Å². The molecule has 1 aliphatic heterocycles. The maximum Gasteiger partial charge on any atom is 0.242 e. The van der Waals surface area contributed by atoms with Crippen LogP contribution in [0.3, 0.4) is 0 Å². The fraction of sp³-hybridized carbons (Fsp3) is 0.529. The third kappa shape index (κ3) is 3.61. The minimum absolute atomic E-state index is 0.0462. The number of hydrogen-bond acceptors (Lipinski definition) is 2. The van der Waals surface area contributed by atoms with Crippen LogP contribution in [0.1, 0.15) is 45.1 Å². The highest BCUT2D eigenvalue weighted by Gasteiger charge is 2.32. The molecule has 5 heteroatoms. The van der Waals surface area contributed by atoms with Gasteiger partial charge in [-0.2, -0.15) is 0 Å². The highest BCUT2D eigenvalue weighted by molar-refractivity contribution is 6.30. The lowest BCUT2D eigenvalue weighted by Gasteiger charge is -2.33. The van der Waals surface area contributed by atoms with E-state index in [2.05, 4.69) is 24.5 Å². The Morgan fingerprint density at radius 3 is 2.45 bits per heavy atom. The minimum Gasteiger partial charge on any atom is -0.353 e. The Labute approximate surface area is 136 Å². The summed E-state index contributed by atoms with van der Waals surface area (Å²) in [4.78, 5) is 23.4. The Hall–Kier alpha value is -1.55. The molecule has 4 nitrogen and oxygen atoms in total. The summed E-state index contributed by atoms with van der Waals surface area (Å²) in [6, 6.07) is 7.44. The molecular weight excluding hydrogens is 300 g/mol. The van der Waals surface area contributed by atoms with E-state index in [0.717, 1.165) is 12.8 Å². The fourth-order valence-electron chi connectivity index (χ4n) is 3.00. The van der Waals surface area contributed by atoms with E-state index in [0.29, 0.717) is 24.4 Å². The average molecular weight is 323 g/mol. The smallest absolute Gasteiger partial charge is 0.242 e. The third-order valence-corrected chi connectivity index (χ3v) is 4.97. The quantitative estimate of drug-likeness (QED) is 0.846. The molecule has 1 atom stereocenters. The van der Waals surface area contributed by atoms with Gasteiger partial charge in [-0.05, 0) is 37.0 Å². The molecule has 0 bridgehead atoms. The first-order chi connectivity index (χ1) is 10.5. The second-order valence-corrected chi connectivity index (χ2v) is 6.31. The summed E-state index contributed by atoms with van der Waals surface area (Å²) < 4.78 is 0. The van der Waals surface area contributed by atoms with Crippen LogP contribution in [0.4, 0.5) is 0 Å². The number of benzene rings is 1. The van der Waals surface area contributed by atoms with Crippen molar-refractivity contribution in [2.45, 2.75) is 51.0 Å². The molecule has 2 amide bonds. The van der Waals surface area contributed by atoms with Crippen LogP contribution in [-0.4, -0.2) is 24.4 Å². The second kappa shape index (κ2) is 7.14. The first kappa shape index (κ1) is 16.8. The first-order valence-electron chi connectivity index (χ1n) is 7.84. The number of hydrogen-bond donors (Lipinski definition) is 2. The number of nitrogens with one attached hydrogen (secondary N) is 2. The van der Waals surface area contributed by atoms with Gasteiger partial charge in [0.1, 0.15) is 6.04 Å². The molecule has 1 heterocycles. The summed E-state index contributed by atoms with van der Waals surface area (Å²) in [5.41, 5.74) is 1.07. The highest BCUT2D eigenvalue weighted by Crippen LogP contribution is 2.32. The lowest BCUT2D eigenvalue weighted by atomic mass is 9.75. The normalized spacial score (nSPS) is 18.1. The van der Waals surface area contributed by atoms with Crippen LogP contribution in [0.2, 0.25) is 5.02 Å². The van der Waals surface area contributed by atoms with Crippen molar-refractivity contribution >= 4 is 23.4 Å². The van der Waals surface area contributed by atoms with Crippen LogP contribution in [-0.2, 0) is 15.0 Å². The highest BCUT2D eigenvalue weighted by atomic mass is 35.5. The molecule has 1 unspecified atom stereocenters. The van der Waals surface area contributed by atoms with E-state index >= 15 is 0 Å². The average Bonchev–Trinajstić information content (AvgIpc) is 2.96. The molecule has 120 valence electrons. The number of amides is 2. The van der Waals surface area contributed by atoms with E-state index in [1.165, 1.54) is 5.56 Å². The lowest BCUT2D eigenvalue weighted by Crippen LogP contribution is -2.47. The van der Waals surface area contributed by atoms with Gasteiger partial charge in [-0.25, -0.2) is 0 Å². The van der Waals surface area contributed by atoms with Gasteiger partial charge in [0.25, 0.3) is 0 Å². The van der Waals surface area contributed by atoms with Crippen LogP contribution in [0.15, 0.2) is 24.3 Å². The van der Waals surface area contributed by atoms with Crippen molar-refractivity contribution in [2.75, 3.05) is 6.54 Å². The minimum atomic E-state index is -0.385. The molecule has 1 aliphatic rings. The van der Waals surface area contributed by atoms with Gasteiger partial charge < -0.3 is 10.6 Å². The van der Waals surface area contributed by atoms with Gasteiger partial charge in [-0.3, -0.25) is 9.59 Å². The van der Waals surface area contributed by atoms with Gasteiger partial charge >= 0.3 is 0 Å². The molecule has 1 saturated heterocycles. The summed E-state index contributed by atoms with van der Waals surface area (Å²) in [6.07, 6.45) is 2.85. The Balaban J connectivity index is 2.06. The third-order valence-electron chi connectivity index (χ3n) is 4.72. The maximum absolute atomic E-state index is 12.2. The van der Waals surface area contributed by atoms with Crippen molar-refractivity contribution in [3.63, 3.8) is 0 Å². The largest absolute Gasteiger partial charge is 0.353 e. The molecule has 0 aromatic heterocycles. The van der Waals surface area contributed by atoms with Crippen LogP contribution in [0.5, 0.6) is 0 Å². The van der Waals surface area contributed by atoms with E-state index in [1.54, 1.807) is 0 Å². The first-order valence-corrected chi connectivity index (χ1v) is 8.21.